The van der Waals surface area contributed by atoms with Crippen LogP contribution < -0.4 is 14.6 Å². The number of phenolic OH excluding ortho intramolecular Hbond substituents is 1. The molecule has 27 heavy (non-hydrogen) atoms. The lowest BCUT2D eigenvalue weighted by Gasteiger charge is -2.17. The predicted octanol–water partition coefficient (Wildman–Crippen LogP) is 0.823. The summed E-state index contributed by atoms with van der Waals surface area (Å²) >= 11 is 0. The van der Waals surface area contributed by atoms with Crippen molar-refractivity contribution in [3.63, 3.8) is 0 Å². The van der Waals surface area contributed by atoms with Crippen molar-refractivity contribution < 1.29 is 18.3 Å². The lowest BCUT2D eigenvalue weighted by Crippen LogP contribution is -2.29. The standard InChI is InChI=1S/C18H19N3O5S/c1-11(2)5-4-6-12-7-13-8-15(21-10-17(23)19-27(21,25)26)16(22)9-14(13)20(3)18(12)24/h7-9,11,22H,5,10H2,1-3H3,(H,19,23). The first kappa shape index (κ1) is 18.8. The molecule has 1 aromatic heterocycles. The fourth-order valence-corrected chi connectivity index (χ4v) is 3.95. The van der Waals surface area contributed by atoms with E-state index in [9.17, 15) is 23.1 Å². The number of aryl methyl sites for hydroxylation is 1. The normalized spacial score (nSPS) is 15.7. The van der Waals surface area contributed by atoms with Crippen molar-refractivity contribution in [3.8, 4) is 17.6 Å². The Kier molecular flexibility index (Phi) is 4.61. The average molecular weight is 389 g/mol. The number of rotatable bonds is 2. The Bertz CT molecular complexity index is 1170. The van der Waals surface area contributed by atoms with Gasteiger partial charge in [-0.2, -0.15) is 8.42 Å². The second-order valence-corrected chi connectivity index (χ2v) is 8.35. The summed E-state index contributed by atoms with van der Waals surface area (Å²) in [5, 5.41) is 10.8. The summed E-state index contributed by atoms with van der Waals surface area (Å²) in [4.78, 5) is 23.9. The zero-order valence-electron chi connectivity index (χ0n) is 15.1. The lowest BCUT2D eigenvalue weighted by atomic mass is 10.1. The van der Waals surface area contributed by atoms with Crippen molar-refractivity contribution in [1.29, 1.82) is 0 Å². The number of phenols is 1. The molecule has 0 bridgehead atoms. The number of pyridine rings is 1. The first-order valence-electron chi connectivity index (χ1n) is 8.29. The number of nitrogens with one attached hydrogen (secondary N) is 1. The number of hydrogen-bond acceptors (Lipinski definition) is 5. The number of anilines is 1. The summed E-state index contributed by atoms with van der Waals surface area (Å²) in [5.41, 5.74) is 0.351. The molecule has 0 spiro atoms. The van der Waals surface area contributed by atoms with E-state index in [4.69, 9.17) is 0 Å². The van der Waals surface area contributed by atoms with E-state index in [2.05, 4.69) is 11.8 Å². The van der Waals surface area contributed by atoms with Crippen LogP contribution in [0.15, 0.2) is 23.0 Å². The van der Waals surface area contributed by atoms with E-state index in [0.29, 0.717) is 23.2 Å². The SMILES string of the molecule is CC(C)CC#Cc1cc2cc(N3CC(=O)NS3(=O)=O)c(O)cc2n(C)c1=O. The van der Waals surface area contributed by atoms with Crippen molar-refractivity contribution in [2.24, 2.45) is 13.0 Å². The number of aromatic hydroxyl groups is 1. The van der Waals surface area contributed by atoms with Crippen LogP contribution in [0.1, 0.15) is 25.8 Å². The van der Waals surface area contributed by atoms with Gasteiger partial charge < -0.3 is 9.67 Å². The van der Waals surface area contributed by atoms with Gasteiger partial charge in [-0.25, -0.2) is 9.03 Å². The van der Waals surface area contributed by atoms with E-state index < -0.39 is 22.7 Å². The number of carbonyl (C=O) groups is 1. The van der Waals surface area contributed by atoms with Gasteiger partial charge in [-0.15, -0.1) is 0 Å². The van der Waals surface area contributed by atoms with Crippen molar-refractivity contribution in [3.05, 3.63) is 34.1 Å². The largest absolute Gasteiger partial charge is 0.506 e. The predicted molar refractivity (Wildman–Crippen MR) is 102 cm³/mol. The molecule has 2 aromatic rings. The van der Waals surface area contributed by atoms with Crippen molar-refractivity contribution in [2.45, 2.75) is 20.3 Å². The number of amides is 1. The Labute approximate surface area is 156 Å². The molecule has 1 amide bonds. The molecule has 1 aromatic carbocycles. The molecule has 0 atom stereocenters. The summed E-state index contributed by atoms with van der Waals surface area (Å²) in [6, 6.07) is 4.29. The molecule has 142 valence electrons. The van der Waals surface area contributed by atoms with E-state index >= 15 is 0 Å². The van der Waals surface area contributed by atoms with Crippen LogP contribution in [0, 0.1) is 17.8 Å². The monoisotopic (exact) mass is 389 g/mol. The van der Waals surface area contributed by atoms with Gasteiger partial charge in [0.15, 0.2) is 0 Å². The third kappa shape index (κ3) is 3.48. The van der Waals surface area contributed by atoms with Crippen LogP contribution >= 0.6 is 0 Å². The number of hydrogen-bond donors (Lipinski definition) is 2. The number of nitrogens with zero attached hydrogens (tertiary/aromatic N) is 2. The summed E-state index contributed by atoms with van der Waals surface area (Å²) in [6.45, 7) is 3.62. The maximum absolute atomic E-state index is 12.5. The number of aromatic nitrogens is 1. The summed E-state index contributed by atoms with van der Waals surface area (Å²) < 4.78 is 28.1. The summed E-state index contributed by atoms with van der Waals surface area (Å²) in [7, 11) is -2.50. The van der Waals surface area contributed by atoms with Gasteiger partial charge in [-0.05, 0) is 18.1 Å². The number of benzene rings is 1. The second kappa shape index (κ2) is 6.63. The van der Waals surface area contributed by atoms with Crippen LogP contribution in [-0.2, 0) is 22.1 Å². The Balaban J connectivity index is 2.18. The zero-order chi connectivity index (χ0) is 19.9. The molecule has 0 radical (unpaired) electrons. The highest BCUT2D eigenvalue weighted by Gasteiger charge is 2.35. The van der Waals surface area contributed by atoms with Crippen LogP contribution in [-0.4, -0.2) is 30.5 Å². The minimum absolute atomic E-state index is 0.0411. The quantitative estimate of drug-likeness (QED) is 0.740. The molecule has 1 aliphatic heterocycles. The van der Waals surface area contributed by atoms with Crippen molar-refractivity contribution in [1.82, 2.24) is 9.29 Å². The minimum atomic E-state index is -4.06. The fraction of sp³-hybridized carbons (Fsp3) is 0.333. The smallest absolute Gasteiger partial charge is 0.326 e. The lowest BCUT2D eigenvalue weighted by molar-refractivity contribution is -0.117. The molecule has 8 nitrogen and oxygen atoms in total. The first-order chi connectivity index (χ1) is 12.6. The zero-order valence-corrected chi connectivity index (χ0v) is 15.9. The Hall–Kier alpha value is -2.99. The molecular formula is C18H19N3O5S. The van der Waals surface area contributed by atoms with Gasteiger partial charge in [-0.3, -0.25) is 9.59 Å². The molecule has 0 unspecified atom stereocenters. The Morgan fingerprint density at radius 3 is 2.56 bits per heavy atom. The molecule has 1 aliphatic rings. The van der Waals surface area contributed by atoms with Crippen LogP contribution in [0.4, 0.5) is 5.69 Å². The second-order valence-electron chi connectivity index (χ2n) is 6.76. The maximum Gasteiger partial charge on any atom is 0.326 e. The molecule has 1 saturated heterocycles. The molecule has 1 fully saturated rings. The van der Waals surface area contributed by atoms with Crippen LogP contribution in [0.2, 0.25) is 0 Å². The van der Waals surface area contributed by atoms with Gasteiger partial charge >= 0.3 is 10.2 Å². The van der Waals surface area contributed by atoms with Gasteiger partial charge in [0.25, 0.3) is 11.5 Å². The molecule has 9 heteroatoms. The van der Waals surface area contributed by atoms with E-state index in [-0.39, 0.29) is 22.6 Å². The summed E-state index contributed by atoms with van der Waals surface area (Å²) in [6.07, 6.45) is 0.641. The van der Waals surface area contributed by atoms with Crippen LogP contribution in [0.25, 0.3) is 10.9 Å². The molecule has 3 rings (SSSR count). The number of carbonyl (C=O) groups excluding carboxylic acids is 1. The molecular weight excluding hydrogens is 370 g/mol. The van der Waals surface area contributed by atoms with E-state index in [1.807, 2.05) is 18.6 Å². The van der Waals surface area contributed by atoms with E-state index in [0.717, 1.165) is 4.31 Å². The fourth-order valence-electron chi connectivity index (χ4n) is 2.80. The third-order valence-electron chi connectivity index (χ3n) is 4.14. The van der Waals surface area contributed by atoms with Crippen molar-refractivity contribution >= 4 is 32.7 Å². The van der Waals surface area contributed by atoms with Crippen LogP contribution in [0.5, 0.6) is 5.75 Å². The van der Waals surface area contributed by atoms with Crippen LogP contribution in [0.3, 0.4) is 0 Å². The average Bonchev–Trinajstić information content (AvgIpc) is 2.84. The molecule has 0 saturated carbocycles. The Morgan fingerprint density at radius 2 is 1.96 bits per heavy atom. The van der Waals surface area contributed by atoms with Gasteiger partial charge in [0.2, 0.25) is 0 Å². The van der Waals surface area contributed by atoms with Gasteiger partial charge in [0.1, 0.15) is 12.3 Å². The van der Waals surface area contributed by atoms with Crippen molar-refractivity contribution in [2.75, 3.05) is 10.8 Å². The maximum atomic E-state index is 12.5. The highest BCUT2D eigenvalue weighted by Crippen LogP contribution is 2.34. The van der Waals surface area contributed by atoms with E-state index in [1.54, 1.807) is 13.1 Å². The topological polar surface area (TPSA) is 109 Å². The summed E-state index contributed by atoms with van der Waals surface area (Å²) in [5.74, 6) is 5.16. The number of fused-ring (bicyclic) bond motifs is 1. The highest BCUT2D eigenvalue weighted by atomic mass is 32.2. The van der Waals surface area contributed by atoms with E-state index in [1.165, 1.54) is 16.7 Å². The minimum Gasteiger partial charge on any atom is -0.506 e. The highest BCUT2D eigenvalue weighted by molar-refractivity contribution is 7.92. The molecule has 2 N–H and O–H groups in total. The van der Waals surface area contributed by atoms with Gasteiger partial charge in [0.05, 0.1) is 16.8 Å². The Morgan fingerprint density at radius 1 is 1.26 bits per heavy atom. The first-order valence-corrected chi connectivity index (χ1v) is 9.73. The van der Waals surface area contributed by atoms with Gasteiger partial charge in [-0.1, -0.05) is 25.7 Å². The molecule has 2 heterocycles. The molecule has 0 aliphatic carbocycles. The third-order valence-corrected chi connectivity index (χ3v) is 5.53. The van der Waals surface area contributed by atoms with Gasteiger partial charge in [0, 0.05) is 24.9 Å².